The summed E-state index contributed by atoms with van der Waals surface area (Å²) in [4.78, 5) is 23.0. The molecule has 0 saturated heterocycles. The Balaban J connectivity index is 1.76. The summed E-state index contributed by atoms with van der Waals surface area (Å²) >= 11 is 5.94. The highest BCUT2D eigenvalue weighted by Crippen LogP contribution is 2.30. The molecule has 1 aromatic heterocycles. The Morgan fingerprint density at radius 1 is 1.38 bits per heavy atom. The molecule has 6 heteroatoms. The molecule has 1 fully saturated rings. The molecule has 1 aromatic carbocycles. The number of hydrogen-bond acceptors (Lipinski definition) is 3. The molecule has 1 aliphatic rings. The Morgan fingerprint density at radius 2 is 2.10 bits per heavy atom. The zero-order chi connectivity index (χ0) is 15.1. The Morgan fingerprint density at radius 3 is 2.76 bits per heavy atom. The van der Waals surface area contributed by atoms with Gasteiger partial charge in [-0.3, -0.25) is 9.59 Å². The molecule has 3 rings (SSSR count). The first-order chi connectivity index (χ1) is 9.95. The van der Waals surface area contributed by atoms with Crippen LogP contribution < -0.4 is 5.32 Å². The van der Waals surface area contributed by atoms with Crippen molar-refractivity contribution in [3.63, 3.8) is 0 Å². The molecule has 0 unspecified atom stereocenters. The molecule has 2 aromatic rings. The van der Waals surface area contributed by atoms with Crippen molar-refractivity contribution in [2.75, 3.05) is 0 Å². The van der Waals surface area contributed by atoms with Crippen molar-refractivity contribution in [2.45, 2.75) is 25.8 Å². The second kappa shape index (κ2) is 5.07. The van der Waals surface area contributed by atoms with Gasteiger partial charge in [-0.1, -0.05) is 11.6 Å². The molecule has 2 N–H and O–H groups in total. The smallest absolute Gasteiger partial charge is 0.306 e. The first-order valence-electron chi connectivity index (χ1n) is 6.68. The fourth-order valence-corrected chi connectivity index (χ4v) is 2.77. The molecule has 0 atom stereocenters. The van der Waals surface area contributed by atoms with Crippen LogP contribution in [0.3, 0.4) is 0 Å². The second-order valence-electron chi connectivity index (χ2n) is 5.37. The number of carboxylic acid groups (broad SMARTS) is 1. The quantitative estimate of drug-likeness (QED) is 0.913. The van der Waals surface area contributed by atoms with Gasteiger partial charge in [0.25, 0.3) is 5.91 Å². The van der Waals surface area contributed by atoms with Gasteiger partial charge in [-0.15, -0.1) is 0 Å². The minimum Gasteiger partial charge on any atom is -0.481 e. The molecule has 1 aliphatic carbocycles. The van der Waals surface area contributed by atoms with Gasteiger partial charge in [-0.25, -0.2) is 0 Å². The lowest BCUT2D eigenvalue weighted by Crippen LogP contribution is -2.46. The van der Waals surface area contributed by atoms with Crippen molar-refractivity contribution in [3.05, 3.63) is 34.5 Å². The van der Waals surface area contributed by atoms with E-state index in [1.54, 1.807) is 25.1 Å². The third kappa shape index (κ3) is 2.49. The molecular formula is C15H14ClNO4. The summed E-state index contributed by atoms with van der Waals surface area (Å²) in [7, 11) is 0. The number of furan rings is 1. The first kappa shape index (κ1) is 13.9. The van der Waals surface area contributed by atoms with Crippen LogP contribution in [-0.4, -0.2) is 23.0 Å². The topological polar surface area (TPSA) is 79.5 Å². The Bertz CT molecular complexity index is 731. The number of nitrogens with one attached hydrogen (secondary N) is 1. The Labute approximate surface area is 125 Å². The average Bonchev–Trinajstić information content (AvgIpc) is 2.70. The average molecular weight is 308 g/mol. The van der Waals surface area contributed by atoms with Crippen LogP contribution in [0.1, 0.15) is 29.0 Å². The zero-order valence-corrected chi connectivity index (χ0v) is 12.1. The van der Waals surface area contributed by atoms with Crippen molar-refractivity contribution >= 4 is 34.4 Å². The maximum Gasteiger partial charge on any atom is 0.306 e. The molecule has 0 spiro atoms. The summed E-state index contributed by atoms with van der Waals surface area (Å²) in [6.07, 6.45) is 0.929. The van der Waals surface area contributed by atoms with Gasteiger partial charge in [0.1, 0.15) is 5.58 Å². The highest BCUT2D eigenvalue weighted by Gasteiger charge is 2.36. The van der Waals surface area contributed by atoms with E-state index in [4.69, 9.17) is 21.1 Å². The number of amides is 1. The Kier molecular flexibility index (Phi) is 3.37. The first-order valence-corrected chi connectivity index (χ1v) is 7.06. The lowest BCUT2D eigenvalue weighted by Gasteiger charge is -2.32. The summed E-state index contributed by atoms with van der Waals surface area (Å²) < 4.78 is 5.57. The van der Waals surface area contributed by atoms with Crippen LogP contribution in [0.4, 0.5) is 0 Å². The van der Waals surface area contributed by atoms with Gasteiger partial charge in [-0.05, 0) is 38.0 Å². The summed E-state index contributed by atoms with van der Waals surface area (Å²) in [5, 5.41) is 13.0. The number of carboxylic acids is 1. The molecule has 1 saturated carbocycles. The van der Waals surface area contributed by atoms with E-state index in [1.807, 2.05) is 0 Å². The lowest BCUT2D eigenvalue weighted by molar-refractivity contribution is -0.145. The van der Waals surface area contributed by atoms with Crippen LogP contribution >= 0.6 is 11.6 Å². The van der Waals surface area contributed by atoms with Crippen LogP contribution in [0.2, 0.25) is 5.02 Å². The fourth-order valence-electron chi connectivity index (χ4n) is 2.60. The SMILES string of the molecule is Cc1c(C(=O)NC2CC(C(=O)O)C2)oc2ccc(Cl)cc12. The van der Waals surface area contributed by atoms with E-state index < -0.39 is 5.97 Å². The van der Waals surface area contributed by atoms with E-state index in [-0.39, 0.29) is 23.6 Å². The Hall–Kier alpha value is -2.01. The third-order valence-corrected chi connectivity index (χ3v) is 4.16. The van der Waals surface area contributed by atoms with Crippen molar-refractivity contribution in [1.29, 1.82) is 0 Å². The number of rotatable bonds is 3. The summed E-state index contributed by atoms with van der Waals surface area (Å²) in [6, 6.07) is 5.09. The summed E-state index contributed by atoms with van der Waals surface area (Å²) in [5.74, 6) is -1.22. The molecule has 21 heavy (non-hydrogen) atoms. The lowest BCUT2D eigenvalue weighted by atomic mass is 9.80. The largest absolute Gasteiger partial charge is 0.481 e. The summed E-state index contributed by atoms with van der Waals surface area (Å²) in [6.45, 7) is 1.80. The van der Waals surface area contributed by atoms with Gasteiger partial charge in [-0.2, -0.15) is 0 Å². The molecule has 1 amide bonds. The van der Waals surface area contributed by atoms with Crippen LogP contribution in [0.25, 0.3) is 11.0 Å². The highest BCUT2D eigenvalue weighted by atomic mass is 35.5. The number of carbonyl (C=O) groups excluding carboxylic acids is 1. The van der Waals surface area contributed by atoms with Crippen molar-refractivity contribution in [1.82, 2.24) is 5.32 Å². The number of aliphatic carboxylic acids is 1. The molecule has 110 valence electrons. The van der Waals surface area contributed by atoms with E-state index >= 15 is 0 Å². The van der Waals surface area contributed by atoms with Gasteiger partial charge in [0.2, 0.25) is 0 Å². The number of aryl methyl sites for hydroxylation is 1. The minimum absolute atomic E-state index is 0.102. The van der Waals surface area contributed by atoms with Gasteiger partial charge in [0.15, 0.2) is 5.76 Å². The van der Waals surface area contributed by atoms with E-state index in [1.165, 1.54) is 0 Å². The van der Waals surface area contributed by atoms with E-state index in [2.05, 4.69) is 5.32 Å². The van der Waals surface area contributed by atoms with Crippen molar-refractivity contribution in [2.24, 2.45) is 5.92 Å². The summed E-state index contributed by atoms with van der Waals surface area (Å²) in [5.41, 5.74) is 1.35. The van der Waals surface area contributed by atoms with Crippen LogP contribution in [0, 0.1) is 12.8 Å². The van der Waals surface area contributed by atoms with Crippen LogP contribution in [0.15, 0.2) is 22.6 Å². The predicted molar refractivity (Wildman–Crippen MR) is 77.6 cm³/mol. The number of fused-ring (bicyclic) bond motifs is 1. The van der Waals surface area contributed by atoms with Crippen molar-refractivity contribution < 1.29 is 19.1 Å². The molecule has 0 radical (unpaired) electrons. The minimum atomic E-state index is -0.810. The van der Waals surface area contributed by atoms with E-state index in [0.717, 1.165) is 10.9 Å². The maximum atomic E-state index is 12.2. The number of carbonyl (C=O) groups is 2. The van der Waals surface area contributed by atoms with Gasteiger partial charge in [0.05, 0.1) is 5.92 Å². The molecule has 0 bridgehead atoms. The van der Waals surface area contributed by atoms with Gasteiger partial charge in [0, 0.05) is 22.0 Å². The molecule has 1 heterocycles. The molecule has 0 aliphatic heterocycles. The fraction of sp³-hybridized carbons (Fsp3) is 0.333. The number of halogens is 1. The highest BCUT2D eigenvalue weighted by molar-refractivity contribution is 6.31. The number of hydrogen-bond donors (Lipinski definition) is 2. The third-order valence-electron chi connectivity index (χ3n) is 3.93. The maximum absolute atomic E-state index is 12.2. The predicted octanol–water partition coefficient (Wildman–Crippen LogP) is 2.99. The second-order valence-corrected chi connectivity index (χ2v) is 5.81. The number of benzene rings is 1. The normalized spacial score (nSPS) is 21.0. The van der Waals surface area contributed by atoms with E-state index in [9.17, 15) is 9.59 Å². The van der Waals surface area contributed by atoms with Crippen LogP contribution in [0.5, 0.6) is 0 Å². The van der Waals surface area contributed by atoms with E-state index in [0.29, 0.717) is 23.4 Å². The van der Waals surface area contributed by atoms with Gasteiger partial charge < -0.3 is 14.8 Å². The monoisotopic (exact) mass is 307 g/mol. The zero-order valence-electron chi connectivity index (χ0n) is 11.4. The van der Waals surface area contributed by atoms with Gasteiger partial charge >= 0.3 is 5.97 Å². The molecule has 5 nitrogen and oxygen atoms in total. The van der Waals surface area contributed by atoms with Crippen molar-refractivity contribution in [3.8, 4) is 0 Å². The standard InChI is InChI=1S/C15H14ClNO4/c1-7-11-6-9(16)2-3-12(11)21-13(7)14(18)17-10-4-8(5-10)15(19)20/h2-3,6,8,10H,4-5H2,1H3,(H,17,18)(H,19,20). The molecular weight excluding hydrogens is 294 g/mol. The van der Waals surface area contributed by atoms with Crippen LogP contribution in [-0.2, 0) is 4.79 Å².